The summed E-state index contributed by atoms with van der Waals surface area (Å²) in [5.74, 6) is -1.34. The van der Waals surface area contributed by atoms with Gasteiger partial charge in [0, 0.05) is 25.0 Å². The van der Waals surface area contributed by atoms with Crippen molar-refractivity contribution in [2.75, 3.05) is 12.4 Å². The molecule has 0 saturated carbocycles. The highest BCUT2D eigenvalue weighted by Gasteiger charge is 2.05. The van der Waals surface area contributed by atoms with Gasteiger partial charge in [0.25, 0.3) is 0 Å². The molecule has 18 heavy (non-hydrogen) atoms. The molecule has 94 valence electrons. The largest absolute Gasteiger partial charge is 0.484 e. The maximum atomic E-state index is 13.3. The van der Waals surface area contributed by atoms with Crippen LogP contribution in [0.2, 0.25) is 0 Å². The number of benzene rings is 1. The van der Waals surface area contributed by atoms with Gasteiger partial charge in [0.2, 0.25) is 0 Å². The van der Waals surface area contributed by atoms with E-state index in [4.69, 9.17) is 4.74 Å². The van der Waals surface area contributed by atoms with E-state index >= 15 is 0 Å². The Morgan fingerprint density at radius 3 is 2.78 bits per heavy atom. The van der Waals surface area contributed by atoms with Gasteiger partial charge in [0.1, 0.15) is 12.4 Å². The first-order valence-corrected chi connectivity index (χ1v) is 5.39. The topological polar surface area (TPSA) is 34.2 Å². The van der Waals surface area contributed by atoms with Crippen LogP contribution in [0.15, 0.2) is 36.5 Å². The van der Waals surface area contributed by atoms with Crippen LogP contribution in [0.5, 0.6) is 5.75 Å². The number of ether oxygens (including phenoxy) is 1. The second-order valence-electron chi connectivity index (χ2n) is 3.65. The van der Waals surface area contributed by atoms with Gasteiger partial charge >= 0.3 is 0 Å². The molecule has 3 nitrogen and oxygen atoms in total. The Hall–Kier alpha value is -2.17. The van der Waals surface area contributed by atoms with Gasteiger partial charge in [-0.2, -0.15) is 0 Å². The summed E-state index contributed by atoms with van der Waals surface area (Å²) in [7, 11) is 1.79. The highest BCUT2D eigenvalue weighted by Crippen LogP contribution is 2.19. The van der Waals surface area contributed by atoms with Gasteiger partial charge in [-0.3, -0.25) is 4.98 Å². The molecule has 0 unspecified atom stereocenters. The summed E-state index contributed by atoms with van der Waals surface area (Å²) in [5.41, 5.74) is 1.55. The lowest BCUT2D eigenvalue weighted by Gasteiger charge is -2.07. The lowest BCUT2D eigenvalue weighted by Crippen LogP contribution is -2.01. The number of hydrogen-bond acceptors (Lipinski definition) is 3. The van der Waals surface area contributed by atoms with Crippen molar-refractivity contribution in [1.82, 2.24) is 4.98 Å². The third kappa shape index (κ3) is 2.94. The molecule has 1 aromatic heterocycles. The van der Waals surface area contributed by atoms with Crippen molar-refractivity contribution in [3.05, 3.63) is 53.9 Å². The first-order chi connectivity index (χ1) is 8.69. The van der Waals surface area contributed by atoms with E-state index in [0.717, 1.165) is 17.8 Å². The highest BCUT2D eigenvalue weighted by atomic mass is 19.1. The average molecular weight is 250 g/mol. The van der Waals surface area contributed by atoms with Crippen LogP contribution in [-0.2, 0) is 6.61 Å². The van der Waals surface area contributed by atoms with E-state index < -0.39 is 11.6 Å². The maximum absolute atomic E-state index is 13.3. The summed E-state index contributed by atoms with van der Waals surface area (Å²) >= 11 is 0. The molecular weight excluding hydrogens is 238 g/mol. The first-order valence-electron chi connectivity index (χ1n) is 5.39. The average Bonchev–Trinajstić information content (AvgIpc) is 2.38. The molecule has 0 saturated heterocycles. The molecule has 0 atom stereocenters. The molecule has 0 radical (unpaired) electrons. The minimum absolute atomic E-state index is 0.00746. The van der Waals surface area contributed by atoms with Crippen LogP contribution in [0, 0.1) is 11.6 Å². The van der Waals surface area contributed by atoms with Gasteiger partial charge < -0.3 is 10.1 Å². The van der Waals surface area contributed by atoms with Crippen LogP contribution in [-0.4, -0.2) is 12.0 Å². The van der Waals surface area contributed by atoms with E-state index in [0.29, 0.717) is 5.69 Å². The molecule has 1 N–H and O–H groups in total. The van der Waals surface area contributed by atoms with E-state index in [1.807, 2.05) is 6.07 Å². The fourth-order valence-corrected chi connectivity index (χ4v) is 1.46. The Labute approximate surface area is 103 Å². The Morgan fingerprint density at radius 1 is 1.22 bits per heavy atom. The Balaban J connectivity index is 2.06. The van der Waals surface area contributed by atoms with Gasteiger partial charge in [0.05, 0.1) is 5.69 Å². The molecule has 0 aliphatic carbocycles. The maximum Gasteiger partial charge on any atom is 0.167 e. The third-order valence-corrected chi connectivity index (χ3v) is 2.37. The number of pyridine rings is 1. The van der Waals surface area contributed by atoms with Crippen molar-refractivity contribution in [2.24, 2.45) is 0 Å². The molecule has 1 heterocycles. The Morgan fingerprint density at radius 2 is 2.06 bits per heavy atom. The van der Waals surface area contributed by atoms with Gasteiger partial charge in [-0.25, -0.2) is 8.78 Å². The van der Waals surface area contributed by atoms with Crippen molar-refractivity contribution < 1.29 is 13.5 Å². The fourth-order valence-electron chi connectivity index (χ4n) is 1.46. The number of nitrogens with one attached hydrogen (secondary N) is 1. The number of halogens is 2. The standard InChI is InChI=1S/C13H12F2N2O/c1-16-10-4-5-17-11(7-10)8-18-13-3-2-9(14)6-12(13)15/h2-7H,8H2,1H3,(H,16,17). The Kier molecular flexibility index (Phi) is 3.72. The van der Waals surface area contributed by atoms with Crippen molar-refractivity contribution in [2.45, 2.75) is 6.61 Å². The lowest BCUT2D eigenvalue weighted by molar-refractivity contribution is 0.285. The van der Waals surface area contributed by atoms with E-state index in [1.54, 1.807) is 19.3 Å². The molecule has 5 heteroatoms. The molecule has 2 aromatic rings. The van der Waals surface area contributed by atoms with Crippen LogP contribution < -0.4 is 10.1 Å². The van der Waals surface area contributed by atoms with Crippen molar-refractivity contribution >= 4 is 5.69 Å². The molecule has 0 fully saturated rings. The molecular formula is C13H12F2N2O. The second kappa shape index (κ2) is 5.44. The molecule has 0 spiro atoms. The fraction of sp³-hybridized carbons (Fsp3) is 0.154. The minimum atomic E-state index is -0.722. The number of nitrogens with zero attached hydrogens (tertiary/aromatic N) is 1. The van der Waals surface area contributed by atoms with Gasteiger partial charge in [-0.05, 0) is 24.3 Å². The zero-order chi connectivity index (χ0) is 13.0. The van der Waals surface area contributed by atoms with Gasteiger partial charge in [-0.15, -0.1) is 0 Å². The zero-order valence-electron chi connectivity index (χ0n) is 9.78. The van der Waals surface area contributed by atoms with Crippen LogP contribution in [0.25, 0.3) is 0 Å². The third-order valence-electron chi connectivity index (χ3n) is 2.37. The number of hydrogen-bond donors (Lipinski definition) is 1. The first kappa shape index (κ1) is 12.3. The quantitative estimate of drug-likeness (QED) is 0.905. The summed E-state index contributed by atoms with van der Waals surface area (Å²) in [6, 6.07) is 6.79. The smallest absolute Gasteiger partial charge is 0.167 e. The van der Waals surface area contributed by atoms with Crippen molar-refractivity contribution in [3.8, 4) is 5.75 Å². The van der Waals surface area contributed by atoms with E-state index in [-0.39, 0.29) is 12.4 Å². The van der Waals surface area contributed by atoms with Gasteiger partial charge in [0.15, 0.2) is 11.6 Å². The molecule has 0 aliphatic heterocycles. The molecule has 2 rings (SSSR count). The van der Waals surface area contributed by atoms with E-state index in [9.17, 15) is 8.78 Å². The van der Waals surface area contributed by atoms with Crippen LogP contribution >= 0.6 is 0 Å². The normalized spacial score (nSPS) is 10.2. The predicted octanol–water partition coefficient (Wildman–Crippen LogP) is 2.98. The van der Waals surface area contributed by atoms with Crippen LogP contribution in [0.4, 0.5) is 14.5 Å². The lowest BCUT2D eigenvalue weighted by atomic mass is 10.3. The molecule has 0 aliphatic rings. The summed E-state index contributed by atoms with van der Waals surface area (Å²) in [6.45, 7) is 0.123. The summed E-state index contributed by atoms with van der Waals surface area (Å²) in [5, 5.41) is 2.97. The van der Waals surface area contributed by atoms with Crippen molar-refractivity contribution in [3.63, 3.8) is 0 Å². The SMILES string of the molecule is CNc1ccnc(COc2ccc(F)cc2F)c1. The highest BCUT2D eigenvalue weighted by molar-refractivity contribution is 5.42. The summed E-state index contributed by atoms with van der Waals surface area (Å²) in [4.78, 5) is 4.09. The predicted molar refractivity (Wildman–Crippen MR) is 64.5 cm³/mol. The van der Waals surface area contributed by atoms with Crippen LogP contribution in [0.3, 0.4) is 0 Å². The minimum Gasteiger partial charge on any atom is -0.484 e. The second-order valence-corrected chi connectivity index (χ2v) is 3.65. The van der Waals surface area contributed by atoms with E-state index in [1.165, 1.54) is 6.07 Å². The number of aromatic nitrogens is 1. The summed E-state index contributed by atoms with van der Waals surface area (Å²) in [6.07, 6.45) is 1.63. The zero-order valence-corrected chi connectivity index (χ0v) is 9.78. The molecule has 1 aromatic carbocycles. The van der Waals surface area contributed by atoms with Crippen LogP contribution in [0.1, 0.15) is 5.69 Å². The summed E-state index contributed by atoms with van der Waals surface area (Å²) < 4.78 is 31.2. The number of anilines is 1. The Bertz CT molecular complexity index is 546. The number of rotatable bonds is 4. The molecule has 0 amide bonds. The molecule has 0 bridgehead atoms. The monoisotopic (exact) mass is 250 g/mol. The van der Waals surface area contributed by atoms with E-state index in [2.05, 4.69) is 10.3 Å². The van der Waals surface area contributed by atoms with Crippen molar-refractivity contribution in [1.29, 1.82) is 0 Å². The van der Waals surface area contributed by atoms with Gasteiger partial charge in [-0.1, -0.05) is 0 Å².